The number of nitrogens with zero attached hydrogens (tertiary/aromatic N) is 5. The predicted molar refractivity (Wildman–Crippen MR) is 106 cm³/mol. The first kappa shape index (κ1) is 19.2. The van der Waals surface area contributed by atoms with Gasteiger partial charge in [0.1, 0.15) is 6.07 Å². The Labute approximate surface area is 170 Å². The van der Waals surface area contributed by atoms with Crippen LogP contribution in [0.15, 0.2) is 47.2 Å². The third-order valence-electron chi connectivity index (χ3n) is 3.91. The molecular formula is C20H14BrN5O2. The van der Waals surface area contributed by atoms with Gasteiger partial charge in [0, 0.05) is 12.4 Å². The number of aromatic hydroxyl groups is 1. The van der Waals surface area contributed by atoms with E-state index in [2.05, 4.69) is 32.0 Å². The van der Waals surface area contributed by atoms with E-state index in [1.807, 2.05) is 19.9 Å². The molecule has 28 heavy (non-hydrogen) atoms. The highest BCUT2D eigenvalue weighted by molar-refractivity contribution is 9.10. The fourth-order valence-electron chi connectivity index (χ4n) is 2.59. The lowest BCUT2D eigenvalue weighted by atomic mass is 10.1. The molecule has 0 atom stereocenters. The van der Waals surface area contributed by atoms with Crippen LogP contribution in [0, 0.1) is 36.5 Å². The van der Waals surface area contributed by atoms with Crippen LogP contribution in [0.5, 0.6) is 11.5 Å². The standard InChI is InChI=1S/C20H14BrN5O2/c1-12-7-15(10-23)8-13(2)19(12)28-26(17-4-3-14(9-22)11-25-17)20-18(27)16(21)5-6-24-20/h3-8,11,27H,1-2H3. The van der Waals surface area contributed by atoms with Gasteiger partial charge in [-0.1, -0.05) is 0 Å². The van der Waals surface area contributed by atoms with Crippen molar-refractivity contribution in [2.75, 3.05) is 5.06 Å². The first-order valence-corrected chi connectivity index (χ1v) is 8.93. The average molecular weight is 436 g/mol. The first-order valence-electron chi connectivity index (χ1n) is 8.13. The number of rotatable bonds is 4. The fourth-order valence-corrected chi connectivity index (χ4v) is 2.89. The van der Waals surface area contributed by atoms with Gasteiger partial charge in [-0.25, -0.2) is 9.97 Å². The lowest BCUT2D eigenvalue weighted by Crippen LogP contribution is -2.24. The summed E-state index contributed by atoms with van der Waals surface area (Å²) in [4.78, 5) is 14.5. The molecule has 0 aliphatic heterocycles. The van der Waals surface area contributed by atoms with Gasteiger partial charge in [-0.2, -0.15) is 10.5 Å². The van der Waals surface area contributed by atoms with E-state index in [0.29, 0.717) is 27.2 Å². The van der Waals surface area contributed by atoms with Gasteiger partial charge in [-0.05, 0) is 71.2 Å². The Morgan fingerprint density at radius 3 is 2.29 bits per heavy atom. The quantitative estimate of drug-likeness (QED) is 0.603. The van der Waals surface area contributed by atoms with E-state index >= 15 is 0 Å². The molecule has 0 unspecified atom stereocenters. The molecule has 8 heteroatoms. The molecule has 1 N–H and O–H groups in total. The number of pyridine rings is 2. The minimum atomic E-state index is -0.127. The molecule has 0 saturated carbocycles. The summed E-state index contributed by atoms with van der Waals surface area (Å²) in [7, 11) is 0. The summed E-state index contributed by atoms with van der Waals surface area (Å²) in [5.41, 5.74) is 2.39. The van der Waals surface area contributed by atoms with Crippen LogP contribution in [0.1, 0.15) is 22.3 Å². The number of aromatic nitrogens is 2. The van der Waals surface area contributed by atoms with Gasteiger partial charge in [0.15, 0.2) is 17.3 Å². The lowest BCUT2D eigenvalue weighted by molar-refractivity contribution is 0.307. The van der Waals surface area contributed by atoms with Gasteiger partial charge in [0.05, 0.1) is 21.7 Å². The highest BCUT2D eigenvalue weighted by Gasteiger charge is 2.22. The van der Waals surface area contributed by atoms with Crippen LogP contribution in [0.2, 0.25) is 0 Å². The van der Waals surface area contributed by atoms with E-state index in [1.165, 1.54) is 17.5 Å². The number of aryl methyl sites for hydroxylation is 2. The highest BCUT2D eigenvalue weighted by Crippen LogP contribution is 2.37. The van der Waals surface area contributed by atoms with Gasteiger partial charge < -0.3 is 9.94 Å². The van der Waals surface area contributed by atoms with Crippen molar-refractivity contribution < 1.29 is 9.94 Å². The Morgan fingerprint density at radius 2 is 1.71 bits per heavy atom. The Kier molecular flexibility index (Phi) is 5.44. The lowest BCUT2D eigenvalue weighted by Gasteiger charge is -2.25. The molecule has 3 rings (SSSR count). The monoisotopic (exact) mass is 435 g/mol. The molecule has 0 spiro atoms. The molecule has 0 saturated heterocycles. The molecule has 3 aromatic rings. The van der Waals surface area contributed by atoms with Gasteiger partial charge in [-0.15, -0.1) is 5.06 Å². The topological polar surface area (TPSA) is 106 Å². The maximum atomic E-state index is 10.5. The Hall–Kier alpha value is -3.62. The molecule has 0 fully saturated rings. The minimum absolute atomic E-state index is 0.120. The smallest absolute Gasteiger partial charge is 0.214 e. The van der Waals surface area contributed by atoms with Crippen LogP contribution in [0.4, 0.5) is 11.6 Å². The van der Waals surface area contributed by atoms with E-state index in [9.17, 15) is 5.11 Å². The number of nitriles is 2. The van der Waals surface area contributed by atoms with Crippen molar-refractivity contribution in [1.29, 1.82) is 10.5 Å². The number of hydrogen-bond acceptors (Lipinski definition) is 7. The maximum Gasteiger partial charge on any atom is 0.214 e. The highest BCUT2D eigenvalue weighted by atomic mass is 79.9. The molecule has 0 radical (unpaired) electrons. The van der Waals surface area contributed by atoms with Crippen molar-refractivity contribution in [1.82, 2.24) is 9.97 Å². The second-order valence-corrected chi connectivity index (χ2v) is 6.77. The second kappa shape index (κ2) is 7.95. The molecular weight excluding hydrogens is 422 g/mol. The van der Waals surface area contributed by atoms with Gasteiger partial charge in [0.25, 0.3) is 0 Å². The fraction of sp³-hybridized carbons (Fsp3) is 0.100. The molecule has 0 amide bonds. The Bertz CT molecular complexity index is 1090. The summed E-state index contributed by atoms with van der Waals surface area (Å²) in [5, 5.41) is 29.9. The first-order chi connectivity index (χ1) is 13.4. The van der Waals surface area contributed by atoms with E-state index < -0.39 is 0 Å². The summed E-state index contributed by atoms with van der Waals surface area (Å²) in [6.45, 7) is 3.64. The van der Waals surface area contributed by atoms with Crippen molar-refractivity contribution in [3.8, 4) is 23.6 Å². The molecule has 0 aliphatic carbocycles. The summed E-state index contributed by atoms with van der Waals surface area (Å²) in [6.07, 6.45) is 2.91. The molecule has 2 heterocycles. The molecule has 1 aromatic carbocycles. The van der Waals surface area contributed by atoms with Gasteiger partial charge >= 0.3 is 0 Å². The summed E-state index contributed by atoms with van der Waals surface area (Å²) >= 11 is 3.27. The SMILES string of the molecule is Cc1cc(C#N)cc(C)c1ON(c1ccc(C#N)cn1)c1nccc(Br)c1O. The van der Waals surface area contributed by atoms with Gasteiger partial charge in [0.2, 0.25) is 5.82 Å². The normalized spacial score (nSPS) is 10.0. The van der Waals surface area contributed by atoms with Crippen molar-refractivity contribution in [2.45, 2.75) is 13.8 Å². The number of hydrogen-bond donors (Lipinski definition) is 1. The Balaban J connectivity index is 2.13. The van der Waals surface area contributed by atoms with Crippen LogP contribution in [0.3, 0.4) is 0 Å². The molecule has 0 bridgehead atoms. The summed E-state index contributed by atoms with van der Waals surface area (Å²) < 4.78 is 0.438. The molecule has 7 nitrogen and oxygen atoms in total. The van der Waals surface area contributed by atoms with Crippen LogP contribution < -0.4 is 9.90 Å². The zero-order chi connectivity index (χ0) is 20.3. The molecule has 2 aromatic heterocycles. The van der Waals surface area contributed by atoms with Crippen LogP contribution in [-0.4, -0.2) is 15.1 Å². The van der Waals surface area contributed by atoms with E-state index in [1.54, 1.807) is 30.3 Å². The maximum absolute atomic E-state index is 10.5. The van der Waals surface area contributed by atoms with E-state index in [4.69, 9.17) is 15.4 Å². The zero-order valence-corrected chi connectivity index (χ0v) is 16.6. The summed E-state index contributed by atoms with van der Waals surface area (Å²) in [5.74, 6) is 0.821. The van der Waals surface area contributed by atoms with Crippen LogP contribution in [0.25, 0.3) is 0 Å². The second-order valence-electron chi connectivity index (χ2n) is 5.92. The van der Waals surface area contributed by atoms with Crippen molar-refractivity contribution >= 4 is 27.6 Å². The van der Waals surface area contributed by atoms with E-state index in [0.717, 1.165) is 11.1 Å². The largest absolute Gasteiger partial charge is 0.503 e. The van der Waals surface area contributed by atoms with Crippen molar-refractivity contribution in [3.05, 3.63) is 69.5 Å². The third-order valence-corrected chi connectivity index (χ3v) is 4.55. The number of halogens is 1. The van der Waals surface area contributed by atoms with Crippen molar-refractivity contribution in [3.63, 3.8) is 0 Å². The molecule has 0 aliphatic rings. The van der Waals surface area contributed by atoms with Crippen molar-refractivity contribution in [2.24, 2.45) is 0 Å². The zero-order valence-electron chi connectivity index (χ0n) is 15.0. The van der Waals surface area contributed by atoms with Gasteiger partial charge in [-0.3, -0.25) is 0 Å². The van der Waals surface area contributed by atoms with Crippen LogP contribution in [-0.2, 0) is 0 Å². The summed E-state index contributed by atoms with van der Waals surface area (Å²) in [6, 6.07) is 12.3. The average Bonchev–Trinajstić information content (AvgIpc) is 2.70. The Morgan fingerprint density at radius 1 is 1.04 bits per heavy atom. The minimum Gasteiger partial charge on any atom is -0.503 e. The number of anilines is 2. The predicted octanol–water partition coefficient (Wildman–Crippen LogP) is 4.44. The molecule has 138 valence electrons. The third kappa shape index (κ3) is 3.73. The van der Waals surface area contributed by atoms with E-state index in [-0.39, 0.29) is 11.6 Å². The number of benzene rings is 1. The van der Waals surface area contributed by atoms with Crippen LogP contribution >= 0.6 is 15.9 Å².